The molecule has 0 atom stereocenters. The molecule has 1 aliphatic rings. The Kier molecular flexibility index (Phi) is 5.06. The van der Waals surface area contributed by atoms with E-state index in [1.165, 1.54) is 16.4 Å². The van der Waals surface area contributed by atoms with E-state index in [0.29, 0.717) is 29.2 Å². The minimum absolute atomic E-state index is 0.191. The Morgan fingerprint density at radius 2 is 1.79 bits per heavy atom. The summed E-state index contributed by atoms with van der Waals surface area (Å²) < 4.78 is 27.4. The highest BCUT2D eigenvalue weighted by molar-refractivity contribution is 7.92. The van der Waals surface area contributed by atoms with Crippen LogP contribution in [0.5, 0.6) is 0 Å². The molecule has 3 aromatic rings. The predicted octanol–water partition coefficient (Wildman–Crippen LogP) is 4.65. The van der Waals surface area contributed by atoms with Crippen LogP contribution in [0, 0.1) is 6.92 Å². The van der Waals surface area contributed by atoms with Gasteiger partial charge in [-0.2, -0.15) is 0 Å². The number of carbonyl (C=O) groups is 1. The van der Waals surface area contributed by atoms with E-state index >= 15 is 0 Å². The summed E-state index contributed by atoms with van der Waals surface area (Å²) in [5, 5.41) is 3.36. The maximum atomic E-state index is 13.0. The van der Waals surface area contributed by atoms with E-state index in [9.17, 15) is 13.2 Å². The first-order valence-electron chi connectivity index (χ1n) is 9.14. The molecule has 0 aliphatic carbocycles. The van der Waals surface area contributed by atoms with E-state index in [1.54, 1.807) is 30.3 Å². The Hall–Kier alpha value is -2.83. The molecule has 0 bridgehead atoms. The van der Waals surface area contributed by atoms with Crippen molar-refractivity contribution < 1.29 is 13.2 Å². The summed E-state index contributed by atoms with van der Waals surface area (Å²) in [6.45, 7) is 2.30. The number of sulfonamides is 1. The van der Waals surface area contributed by atoms with Gasteiger partial charge < -0.3 is 5.32 Å². The largest absolute Gasteiger partial charge is 0.322 e. The monoisotopic (exact) mass is 426 g/mol. The lowest BCUT2D eigenvalue weighted by atomic mass is 10.1. The first-order chi connectivity index (χ1) is 13.8. The third kappa shape index (κ3) is 3.86. The fourth-order valence-electron chi connectivity index (χ4n) is 3.42. The highest BCUT2D eigenvalue weighted by Gasteiger charge is 2.31. The van der Waals surface area contributed by atoms with Crippen LogP contribution in [0.1, 0.15) is 21.5 Å². The van der Waals surface area contributed by atoms with Crippen molar-refractivity contribution >= 4 is 38.9 Å². The minimum atomic E-state index is -3.68. The zero-order valence-corrected chi connectivity index (χ0v) is 17.3. The van der Waals surface area contributed by atoms with Gasteiger partial charge in [0.05, 0.1) is 10.6 Å². The van der Waals surface area contributed by atoms with E-state index in [-0.39, 0.29) is 10.8 Å². The zero-order chi connectivity index (χ0) is 20.6. The first-order valence-corrected chi connectivity index (χ1v) is 11.0. The van der Waals surface area contributed by atoms with Gasteiger partial charge in [-0.1, -0.05) is 23.7 Å². The van der Waals surface area contributed by atoms with Crippen LogP contribution in [0.2, 0.25) is 5.02 Å². The highest BCUT2D eigenvalue weighted by atomic mass is 35.5. The number of amides is 1. The molecule has 0 radical (unpaired) electrons. The number of anilines is 2. The second kappa shape index (κ2) is 7.54. The molecule has 3 aromatic carbocycles. The van der Waals surface area contributed by atoms with Crippen molar-refractivity contribution in [2.75, 3.05) is 16.2 Å². The van der Waals surface area contributed by atoms with Crippen LogP contribution in [0.3, 0.4) is 0 Å². The predicted molar refractivity (Wildman–Crippen MR) is 115 cm³/mol. The molecule has 29 heavy (non-hydrogen) atoms. The van der Waals surface area contributed by atoms with E-state index in [1.807, 2.05) is 31.2 Å². The highest BCUT2D eigenvalue weighted by Crippen LogP contribution is 2.34. The van der Waals surface area contributed by atoms with E-state index in [0.717, 1.165) is 16.8 Å². The van der Waals surface area contributed by atoms with Crippen molar-refractivity contribution in [3.63, 3.8) is 0 Å². The van der Waals surface area contributed by atoms with Gasteiger partial charge in [0.1, 0.15) is 0 Å². The molecule has 1 N–H and O–H groups in total. The lowest BCUT2D eigenvalue weighted by Gasteiger charge is -2.19. The number of rotatable bonds is 4. The standard InChI is InChI=1S/C22H19ClN2O3S/c1-15-3-2-4-19(13-15)24-22(26)17-5-10-21-16(14-17)11-12-25(21)29(27,28)20-8-6-18(23)7-9-20/h2-10,13-14H,11-12H2,1H3,(H,24,26). The average molecular weight is 427 g/mol. The number of carbonyl (C=O) groups excluding carboxylic acids is 1. The van der Waals surface area contributed by atoms with Crippen molar-refractivity contribution in [2.45, 2.75) is 18.2 Å². The van der Waals surface area contributed by atoms with Crippen LogP contribution in [-0.2, 0) is 16.4 Å². The van der Waals surface area contributed by atoms with Gasteiger partial charge in [0.15, 0.2) is 0 Å². The Morgan fingerprint density at radius 3 is 2.52 bits per heavy atom. The molecular weight excluding hydrogens is 408 g/mol. The fourth-order valence-corrected chi connectivity index (χ4v) is 5.05. The Morgan fingerprint density at radius 1 is 1.03 bits per heavy atom. The molecule has 148 valence electrons. The number of fused-ring (bicyclic) bond motifs is 1. The topological polar surface area (TPSA) is 66.5 Å². The molecule has 0 aromatic heterocycles. The lowest BCUT2D eigenvalue weighted by molar-refractivity contribution is 0.102. The summed E-state index contributed by atoms with van der Waals surface area (Å²) in [5.41, 5.74) is 3.71. The van der Waals surface area contributed by atoms with Crippen molar-refractivity contribution in [1.82, 2.24) is 0 Å². The summed E-state index contributed by atoms with van der Waals surface area (Å²) in [6.07, 6.45) is 0.549. The van der Waals surface area contributed by atoms with E-state index in [4.69, 9.17) is 11.6 Å². The third-order valence-electron chi connectivity index (χ3n) is 4.87. The first kappa shape index (κ1) is 19.5. The van der Waals surface area contributed by atoms with E-state index < -0.39 is 10.0 Å². The maximum Gasteiger partial charge on any atom is 0.264 e. The number of hydrogen-bond acceptors (Lipinski definition) is 3. The van der Waals surface area contributed by atoms with Gasteiger partial charge in [0.2, 0.25) is 0 Å². The minimum Gasteiger partial charge on any atom is -0.322 e. The second-order valence-electron chi connectivity index (χ2n) is 6.95. The quantitative estimate of drug-likeness (QED) is 0.660. The number of hydrogen-bond donors (Lipinski definition) is 1. The smallest absolute Gasteiger partial charge is 0.264 e. The van der Waals surface area contributed by atoms with Crippen molar-refractivity contribution in [2.24, 2.45) is 0 Å². The number of benzene rings is 3. The summed E-state index contributed by atoms with van der Waals surface area (Å²) in [4.78, 5) is 12.8. The van der Waals surface area contributed by atoms with Crippen molar-refractivity contribution in [3.8, 4) is 0 Å². The van der Waals surface area contributed by atoms with E-state index in [2.05, 4.69) is 5.32 Å². The van der Waals surface area contributed by atoms with Gasteiger partial charge >= 0.3 is 0 Å². The Balaban J connectivity index is 1.59. The summed E-state index contributed by atoms with van der Waals surface area (Å²) in [5.74, 6) is -0.225. The molecular formula is C22H19ClN2O3S. The van der Waals surface area contributed by atoms with Gasteiger partial charge in [-0.25, -0.2) is 8.42 Å². The molecule has 4 rings (SSSR count). The molecule has 0 unspecified atom stereocenters. The van der Waals surface area contributed by atoms with Gasteiger partial charge in [-0.05, 0) is 79.1 Å². The summed E-state index contributed by atoms with van der Waals surface area (Å²) in [6, 6.07) is 18.8. The van der Waals surface area contributed by atoms with Gasteiger partial charge in [-0.3, -0.25) is 9.10 Å². The van der Waals surface area contributed by atoms with Crippen LogP contribution < -0.4 is 9.62 Å². The molecule has 1 aliphatic heterocycles. The molecule has 1 heterocycles. The SMILES string of the molecule is Cc1cccc(NC(=O)c2ccc3c(c2)CCN3S(=O)(=O)c2ccc(Cl)cc2)c1. The van der Waals surface area contributed by atoms with Crippen LogP contribution in [0.25, 0.3) is 0 Å². The lowest BCUT2D eigenvalue weighted by Crippen LogP contribution is -2.29. The summed E-state index contributed by atoms with van der Waals surface area (Å²) in [7, 11) is -3.68. The second-order valence-corrected chi connectivity index (χ2v) is 9.25. The van der Waals surface area contributed by atoms with Crippen molar-refractivity contribution in [3.05, 3.63) is 88.4 Å². The summed E-state index contributed by atoms with van der Waals surface area (Å²) >= 11 is 5.87. The molecule has 7 heteroatoms. The third-order valence-corrected chi connectivity index (χ3v) is 6.95. The number of aryl methyl sites for hydroxylation is 1. The molecule has 5 nitrogen and oxygen atoms in total. The van der Waals surface area contributed by atoms with Crippen LogP contribution >= 0.6 is 11.6 Å². The normalized spacial score (nSPS) is 13.2. The Labute approximate surface area is 175 Å². The van der Waals surface area contributed by atoms with Gasteiger partial charge in [-0.15, -0.1) is 0 Å². The van der Waals surface area contributed by atoms with Crippen LogP contribution in [0.15, 0.2) is 71.6 Å². The molecule has 0 saturated heterocycles. The van der Waals surface area contributed by atoms with Gasteiger partial charge in [0.25, 0.3) is 15.9 Å². The Bertz CT molecular complexity index is 1190. The number of halogens is 1. The van der Waals surface area contributed by atoms with Gasteiger partial charge in [0, 0.05) is 22.8 Å². The fraction of sp³-hybridized carbons (Fsp3) is 0.136. The average Bonchev–Trinajstić information content (AvgIpc) is 3.12. The number of nitrogens with zero attached hydrogens (tertiary/aromatic N) is 1. The molecule has 0 saturated carbocycles. The van der Waals surface area contributed by atoms with Crippen molar-refractivity contribution in [1.29, 1.82) is 0 Å². The molecule has 1 amide bonds. The molecule has 0 spiro atoms. The number of nitrogens with one attached hydrogen (secondary N) is 1. The van der Waals surface area contributed by atoms with Crippen LogP contribution in [0.4, 0.5) is 11.4 Å². The van der Waals surface area contributed by atoms with Crippen LogP contribution in [-0.4, -0.2) is 20.9 Å². The zero-order valence-electron chi connectivity index (χ0n) is 15.7. The maximum absolute atomic E-state index is 13.0. The molecule has 0 fully saturated rings.